The number of furan rings is 1. The fraction of sp³-hybridized carbons (Fsp3) is 0.393. The first-order valence-electron chi connectivity index (χ1n) is 11.6. The molecular formula is C28H29F3O4. The van der Waals surface area contributed by atoms with Crippen LogP contribution < -0.4 is 4.74 Å². The summed E-state index contributed by atoms with van der Waals surface area (Å²) in [5, 5.41) is 0.697. The summed E-state index contributed by atoms with van der Waals surface area (Å²) in [6.45, 7) is 8.18. The van der Waals surface area contributed by atoms with Gasteiger partial charge < -0.3 is 13.9 Å². The predicted molar refractivity (Wildman–Crippen MR) is 128 cm³/mol. The highest BCUT2D eigenvalue weighted by molar-refractivity contribution is 5.83. The van der Waals surface area contributed by atoms with E-state index < -0.39 is 6.18 Å². The number of rotatable bonds is 9. The Morgan fingerprint density at radius 3 is 2.49 bits per heavy atom. The number of carbonyl (C=O) groups is 1. The number of esters is 1. The van der Waals surface area contributed by atoms with E-state index in [2.05, 4.69) is 5.92 Å². The first-order valence-corrected chi connectivity index (χ1v) is 11.6. The molecule has 0 N–H and O–H groups in total. The van der Waals surface area contributed by atoms with Crippen molar-refractivity contribution in [3.05, 3.63) is 63.9 Å². The lowest BCUT2D eigenvalue weighted by Gasteiger charge is -2.15. The Morgan fingerprint density at radius 2 is 1.80 bits per heavy atom. The maximum Gasteiger partial charge on any atom is 0.458 e. The number of alkyl halides is 3. The number of halogens is 3. The van der Waals surface area contributed by atoms with Crippen LogP contribution in [0.4, 0.5) is 13.2 Å². The summed E-state index contributed by atoms with van der Waals surface area (Å²) >= 11 is 0. The number of carbonyl (C=O) groups excluding carboxylic acids is 1. The van der Waals surface area contributed by atoms with Gasteiger partial charge in [-0.1, -0.05) is 18.9 Å². The van der Waals surface area contributed by atoms with Crippen LogP contribution >= 0.6 is 0 Å². The van der Waals surface area contributed by atoms with Gasteiger partial charge >= 0.3 is 12.1 Å². The molecule has 0 spiro atoms. The van der Waals surface area contributed by atoms with Crippen LogP contribution in [0.1, 0.15) is 60.3 Å². The maximum atomic E-state index is 12.6. The number of hydrogen-bond donors (Lipinski definition) is 0. The summed E-state index contributed by atoms with van der Waals surface area (Å²) < 4.78 is 55.0. The lowest BCUT2D eigenvalue weighted by Crippen LogP contribution is -2.06. The molecule has 0 saturated carbocycles. The zero-order valence-electron chi connectivity index (χ0n) is 20.4. The second kappa shape index (κ2) is 11.4. The average Bonchev–Trinajstić information content (AvgIpc) is 3.20. The van der Waals surface area contributed by atoms with Crippen molar-refractivity contribution in [1.82, 2.24) is 0 Å². The Bertz CT molecular complexity index is 1260. The van der Waals surface area contributed by atoms with Crippen molar-refractivity contribution in [1.29, 1.82) is 0 Å². The Balaban J connectivity index is 1.86. The van der Waals surface area contributed by atoms with Crippen LogP contribution in [0.25, 0.3) is 11.0 Å². The summed E-state index contributed by atoms with van der Waals surface area (Å²) in [5.41, 5.74) is 4.45. The Kier molecular flexibility index (Phi) is 8.50. The van der Waals surface area contributed by atoms with Crippen molar-refractivity contribution >= 4 is 16.9 Å². The molecule has 0 amide bonds. The van der Waals surface area contributed by atoms with Gasteiger partial charge in [0.2, 0.25) is 0 Å². The number of aryl methyl sites for hydroxylation is 2. The SMILES string of the molecule is CCCc1cc2cc(C#CC(F)(F)F)cc(COc3ccc(CCC(=O)OCC)c(C)c3C)c2o1. The molecule has 0 bridgehead atoms. The number of fused-ring (bicyclic) bond motifs is 1. The van der Waals surface area contributed by atoms with Gasteiger partial charge in [0.05, 0.1) is 6.61 Å². The Hall–Kier alpha value is -3.40. The molecule has 0 radical (unpaired) electrons. The van der Waals surface area contributed by atoms with E-state index >= 15 is 0 Å². The topological polar surface area (TPSA) is 48.7 Å². The molecule has 186 valence electrons. The third-order valence-corrected chi connectivity index (χ3v) is 5.73. The maximum absolute atomic E-state index is 12.6. The molecule has 1 heterocycles. The molecule has 3 rings (SSSR count). The average molecular weight is 487 g/mol. The fourth-order valence-electron chi connectivity index (χ4n) is 3.88. The Morgan fingerprint density at radius 1 is 1.03 bits per heavy atom. The van der Waals surface area contributed by atoms with E-state index in [1.54, 1.807) is 19.1 Å². The van der Waals surface area contributed by atoms with Gasteiger partial charge in [-0.05, 0) is 74.6 Å². The number of hydrogen-bond acceptors (Lipinski definition) is 4. The van der Waals surface area contributed by atoms with Gasteiger partial charge in [-0.25, -0.2) is 0 Å². The van der Waals surface area contributed by atoms with Crippen LogP contribution in [0.3, 0.4) is 0 Å². The van der Waals surface area contributed by atoms with Crippen LogP contribution in [0.5, 0.6) is 5.75 Å². The zero-order valence-corrected chi connectivity index (χ0v) is 20.4. The second-order valence-corrected chi connectivity index (χ2v) is 8.33. The molecule has 0 fully saturated rings. The molecule has 3 aromatic rings. The van der Waals surface area contributed by atoms with Crippen LogP contribution in [0.15, 0.2) is 34.7 Å². The van der Waals surface area contributed by atoms with Crippen molar-refractivity contribution in [2.45, 2.75) is 66.2 Å². The van der Waals surface area contributed by atoms with Crippen LogP contribution in [0, 0.1) is 25.7 Å². The molecule has 0 saturated heterocycles. The standard InChI is InChI=1S/C28H29F3O4/c1-5-7-24-16-22-14-20(12-13-28(29,30)31)15-23(27(22)35-24)17-34-25-10-8-21(18(3)19(25)4)9-11-26(32)33-6-2/h8,10,14-16H,5-7,9,11,17H2,1-4H3. The van der Waals surface area contributed by atoms with Gasteiger partial charge in [0.25, 0.3) is 0 Å². The second-order valence-electron chi connectivity index (χ2n) is 8.33. The van der Waals surface area contributed by atoms with Crippen molar-refractivity contribution in [2.75, 3.05) is 6.61 Å². The minimum atomic E-state index is -4.57. The molecule has 0 unspecified atom stereocenters. The third kappa shape index (κ3) is 7.05. The highest BCUT2D eigenvalue weighted by Crippen LogP contribution is 2.30. The van der Waals surface area contributed by atoms with Gasteiger partial charge in [-0.3, -0.25) is 4.79 Å². The molecule has 4 nitrogen and oxygen atoms in total. The number of ether oxygens (including phenoxy) is 2. The van der Waals surface area contributed by atoms with Gasteiger partial charge in [0.15, 0.2) is 0 Å². The Labute approximate surface area is 203 Å². The summed E-state index contributed by atoms with van der Waals surface area (Å²) in [6, 6.07) is 8.79. The molecule has 1 aromatic heterocycles. The highest BCUT2D eigenvalue weighted by Gasteiger charge is 2.23. The molecular weight excluding hydrogens is 457 g/mol. The monoisotopic (exact) mass is 486 g/mol. The van der Waals surface area contributed by atoms with Crippen LogP contribution in [0.2, 0.25) is 0 Å². The van der Waals surface area contributed by atoms with E-state index in [0.717, 1.165) is 35.3 Å². The van der Waals surface area contributed by atoms with Crippen molar-refractivity contribution < 1.29 is 31.9 Å². The van der Waals surface area contributed by atoms with E-state index in [1.807, 2.05) is 39.0 Å². The smallest absolute Gasteiger partial charge is 0.458 e. The summed E-state index contributed by atoms with van der Waals surface area (Å²) in [7, 11) is 0. The molecule has 2 aromatic carbocycles. The summed E-state index contributed by atoms with van der Waals surface area (Å²) in [5.74, 6) is 4.73. The van der Waals surface area contributed by atoms with E-state index in [9.17, 15) is 18.0 Å². The first-order chi connectivity index (χ1) is 16.6. The van der Waals surface area contributed by atoms with Gasteiger partial charge in [0, 0.05) is 35.3 Å². The third-order valence-electron chi connectivity index (χ3n) is 5.73. The van der Waals surface area contributed by atoms with Crippen LogP contribution in [-0.2, 0) is 29.0 Å². The lowest BCUT2D eigenvalue weighted by atomic mass is 9.99. The first kappa shape index (κ1) is 26.2. The quantitative estimate of drug-likeness (QED) is 0.242. The van der Waals surface area contributed by atoms with Crippen molar-refractivity contribution in [2.24, 2.45) is 0 Å². The predicted octanol–water partition coefficient (Wildman–Crippen LogP) is 6.99. The molecule has 7 heteroatoms. The highest BCUT2D eigenvalue weighted by atomic mass is 19.4. The van der Waals surface area contributed by atoms with Gasteiger partial charge in [-0.15, -0.1) is 0 Å². The zero-order chi connectivity index (χ0) is 25.6. The molecule has 0 aliphatic heterocycles. The van der Waals surface area contributed by atoms with E-state index in [-0.39, 0.29) is 18.1 Å². The summed E-state index contributed by atoms with van der Waals surface area (Å²) in [4.78, 5) is 11.7. The van der Waals surface area contributed by atoms with Gasteiger partial charge in [0.1, 0.15) is 23.7 Å². The number of benzene rings is 2. The minimum Gasteiger partial charge on any atom is -0.488 e. The van der Waals surface area contributed by atoms with E-state index in [1.165, 1.54) is 5.92 Å². The molecule has 0 atom stereocenters. The molecule has 0 aliphatic carbocycles. The minimum absolute atomic E-state index is 0.111. The van der Waals surface area contributed by atoms with Crippen molar-refractivity contribution in [3.8, 4) is 17.6 Å². The van der Waals surface area contributed by atoms with E-state index in [0.29, 0.717) is 41.7 Å². The normalized spacial score (nSPS) is 11.3. The van der Waals surface area contributed by atoms with Gasteiger partial charge in [-0.2, -0.15) is 13.2 Å². The molecule has 35 heavy (non-hydrogen) atoms. The van der Waals surface area contributed by atoms with E-state index in [4.69, 9.17) is 13.9 Å². The van der Waals surface area contributed by atoms with Crippen LogP contribution in [-0.4, -0.2) is 18.8 Å². The molecule has 0 aliphatic rings. The largest absolute Gasteiger partial charge is 0.488 e. The fourth-order valence-corrected chi connectivity index (χ4v) is 3.88. The summed E-state index contributed by atoms with van der Waals surface area (Å²) in [6.07, 6.45) is -2.09. The lowest BCUT2D eigenvalue weighted by molar-refractivity contribution is -0.143. The van der Waals surface area contributed by atoms with Crippen molar-refractivity contribution in [3.63, 3.8) is 0 Å².